The molecule has 0 saturated heterocycles. The smallest absolute Gasteiger partial charge is 0.431 e. The second-order valence-corrected chi connectivity index (χ2v) is 4.84. The van der Waals surface area contributed by atoms with Crippen LogP contribution in [0.3, 0.4) is 0 Å². The molecule has 10 heteroatoms. The number of methoxy groups -OCH3 is 2. The fraction of sp³-hybridized carbons (Fsp3) is 0.500. The van der Waals surface area contributed by atoms with E-state index in [4.69, 9.17) is 0 Å². The summed E-state index contributed by atoms with van der Waals surface area (Å²) < 4.78 is 98.5. The lowest BCUT2D eigenvalue weighted by Gasteiger charge is -2.32. The third kappa shape index (κ3) is 3.97. The largest absolute Gasteiger partial charge is 0.465 e. The zero-order chi connectivity index (χ0) is 18.8. The van der Waals surface area contributed by atoms with Gasteiger partial charge in [-0.05, 0) is 17.7 Å². The third-order valence-corrected chi connectivity index (χ3v) is 3.35. The van der Waals surface area contributed by atoms with Crippen LogP contribution in [0.5, 0.6) is 0 Å². The van der Waals surface area contributed by atoms with Gasteiger partial charge in [0, 0.05) is 13.5 Å². The number of ether oxygens (including phenoxy) is 2. The van der Waals surface area contributed by atoms with Gasteiger partial charge in [-0.15, -0.1) is 0 Å². The molecule has 0 saturated carbocycles. The van der Waals surface area contributed by atoms with Gasteiger partial charge in [0.15, 0.2) is 0 Å². The molecule has 3 nitrogen and oxygen atoms in total. The summed E-state index contributed by atoms with van der Waals surface area (Å²) in [5.41, 5.74) is -5.56. The molecular weight excluding hydrogens is 349 g/mol. The molecule has 0 heterocycles. The van der Waals surface area contributed by atoms with Crippen molar-refractivity contribution in [3.05, 3.63) is 35.4 Å². The molecule has 0 aromatic heterocycles. The molecule has 0 aliphatic carbocycles. The van der Waals surface area contributed by atoms with Crippen molar-refractivity contribution in [1.29, 1.82) is 0 Å². The number of esters is 1. The molecule has 1 atom stereocenters. The lowest BCUT2D eigenvalue weighted by atomic mass is 9.92. The standard InChI is InChI=1S/C14H13F7O3/c1-23-10(7-12(15,13(16,17)18)14(19,20)21)8-3-5-9(6-4-8)11(22)24-2/h3-6,10H,7H2,1-2H3. The summed E-state index contributed by atoms with van der Waals surface area (Å²) in [5, 5.41) is 0. The number of hydrogen-bond donors (Lipinski definition) is 0. The predicted molar refractivity (Wildman–Crippen MR) is 68.1 cm³/mol. The Morgan fingerprint density at radius 2 is 1.42 bits per heavy atom. The summed E-state index contributed by atoms with van der Waals surface area (Å²) in [6.07, 6.45) is -16.2. The number of hydrogen-bond acceptors (Lipinski definition) is 3. The van der Waals surface area contributed by atoms with E-state index < -0.39 is 36.5 Å². The summed E-state index contributed by atoms with van der Waals surface area (Å²) in [6, 6.07) is 4.36. The van der Waals surface area contributed by atoms with E-state index in [1.54, 1.807) is 0 Å². The van der Waals surface area contributed by atoms with Gasteiger partial charge in [0.2, 0.25) is 0 Å². The van der Waals surface area contributed by atoms with E-state index in [2.05, 4.69) is 9.47 Å². The van der Waals surface area contributed by atoms with Crippen molar-refractivity contribution in [3.8, 4) is 0 Å². The highest BCUT2D eigenvalue weighted by atomic mass is 19.4. The molecule has 0 aliphatic rings. The van der Waals surface area contributed by atoms with Gasteiger partial charge < -0.3 is 9.47 Å². The van der Waals surface area contributed by atoms with Crippen molar-refractivity contribution >= 4 is 5.97 Å². The van der Waals surface area contributed by atoms with Crippen LogP contribution in [-0.2, 0) is 9.47 Å². The molecule has 0 fully saturated rings. The Morgan fingerprint density at radius 3 is 1.75 bits per heavy atom. The summed E-state index contributed by atoms with van der Waals surface area (Å²) in [7, 11) is 1.95. The molecule has 1 aromatic rings. The Morgan fingerprint density at radius 1 is 0.958 bits per heavy atom. The third-order valence-electron chi connectivity index (χ3n) is 3.35. The second kappa shape index (κ2) is 6.96. The number of halogens is 7. The number of carbonyl (C=O) groups excluding carboxylic acids is 1. The maximum Gasteiger partial charge on any atom is 0.431 e. The van der Waals surface area contributed by atoms with Crippen LogP contribution in [0.4, 0.5) is 30.7 Å². The summed E-state index contributed by atoms with van der Waals surface area (Å²) in [4.78, 5) is 11.2. The van der Waals surface area contributed by atoms with Crippen LogP contribution >= 0.6 is 0 Å². The first-order valence-corrected chi connectivity index (χ1v) is 6.41. The summed E-state index contributed by atoms with van der Waals surface area (Å²) in [6.45, 7) is 0. The van der Waals surface area contributed by atoms with Gasteiger partial charge in [0.1, 0.15) is 0 Å². The molecule has 0 radical (unpaired) electrons. The maximum atomic E-state index is 13.8. The van der Waals surface area contributed by atoms with Gasteiger partial charge in [0.25, 0.3) is 0 Å². The summed E-state index contributed by atoms with van der Waals surface area (Å²) >= 11 is 0. The Kier molecular flexibility index (Phi) is 5.86. The minimum Gasteiger partial charge on any atom is -0.465 e. The van der Waals surface area contributed by atoms with E-state index in [0.29, 0.717) is 0 Å². The van der Waals surface area contributed by atoms with Gasteiger partial charge in [-0.1, -0.05) is 12.1 Å². The topological polar surface area (TPSA) is 35.5 Å². The first kappa shape index (κ1) is 20.2. The number of alkyl halides is 7. The van der Waals surface area contributed by atoms with Crippen LogP contribution in [0.15, 0.2) is 24.3 Å². The zero-order valence-corrected chi connectivity index (χ0v) is 12.5. The monoisotopic (exact) mass is 362 g/mol. The average molecular weight is 362 g/mol. The van der Waals surface area contributed by atoms with Crippen LogP contribution in [-0.4, -0.2) is 38.2 Å². The number of rotatable bonds is 5. The first-order chi connectivity index (χ1) is 10.9. The molecule has 1 unspecified atom stereocenters. The van der Waals surface area contributed by atoms with E-state index in [0.717, 1.165) is 38.5 Å². The van der Waals surface area contributed by atoms with E-state index in [9.17, 15) is 35.5 Å². The van der Waals surface area contributed by atoms with Gasteiger partial charge in [-0.25, -0.2) is 9.18 Å². The number of carbonyl (C=O) groups is 1. The molecule has 0 bridgehead atoms. The first-order valence-electron chi connectivity index (χ1n) is 6.41. The second-order valence-electron chi connectivity index (χ2n) is 4.84. The number of benzene rings is 1. The fourth-order valence-electron chi connectivity index (χ4n) is 1.94. The fourth-order valence-corrected chi connectivity index (χ4v) is 1.94. The normalized spacial score (nSPS) is 14.4. The predicted octanol–water partition coefficient (Wildman–Crippen LogP) is 4.38. The molecule has 1 aromatic carbocycles. The lowest BCUT2D eigenvalue weighted by molar-refractivity contribution is -0.348. The van der Waals surface area contributed by atoms with Gasteiger partial charge >= 0.3 is 24.0 Å². The molecule has 136 valence electrons. The van der Waals surface area contributed by atoms with Crippen molar-refractivity contribution in [3.63, 3.8) is 0 Å². The Balaban J connectivity index is 3.15. The average Bonchev–Trinajstić information content (AvgIpc) is 2.49. The lowest BCUT2D eigenvalue weighted by Crippen LogP contribution is -2.54. The van der Waals surface area contributed by atoms with Crippen LogP contribution in [0.1, 0.15) is 28.4 Å². The molecular formula is C14H13F7O3. The van der Waals surface area contributed by atoms with E-state index in [-0.39, 0.29) is 11.1 Å². The SMILES string of the molecule is COC(=O)c1ccc(C(CC(F)(C(F)(F)F)C(F)(F)F)OC)cc1. The van der Waals surface area contributed by atoms with Crippen molar-refractivity contribution in [2.45, 2.75) is 30.5 Å². The Bertz CT molecular complexity index is 549. The van der Waals surface area contributed by atoms with Crippen LogP contribution in [0, 0.1) is 0 Å². The van der Waals surface area contributed by atoms with Crippen molar-refractivity contribution in [2.75, 3.05) is 14.2 Å². The highest BCUT2D eigenvalue weighted by Crippen LogP contribution is 2.51. The van der Waals surface area contributed by atoms with Crippen LogP contribution in [0.2, 0.25) is 0 Å². The van der Waals surface area contributed by atoms with Crippen LogP contribution < -0.4 is 0 Å². The van der Waals surface area contributed by atoms with Crippen LogP contribution in [0.25, 0.3) is 0 Å². The Labute approximate surface area is 132 Å². The van der Waals surface area contributed by atoms with E-state index >= 15 is 0 Å². The van der Waals surface area contributed by atoms with Gasteiger partial charge in [-0.3, -0.25) is 0 Å². The van der Waals surface area contributed by atoms with E-state index in [1.165, 1.54) is 0 Å². The molecule has 0 spiro atoms. The van der Waals surface area contributed by atoms with Gasteiger partial charge in [-0.2, -0.15) is 26.3 Å². The minimum absolute atomic E-state index is 0.0225. The van der Waals surface area contributed by atoms with Crippen molar-refractivity contribution in [2.24, 2.45) is 0 Å². The van der Waals surface area contributed by atoms with Crippen molar-refractivity contribution in [1.82, 2.24) is 0 Å². The van der Waals surface area contributed by atoms with E-state index in [1.807, 2.05) is 0 Å². The van der Waals surface area contributed by atoms with Gasteiger partial charge in [0.05, 0.1) is 18.8 Å². The summed E-state index contributed by atoms with van der Waals surface area (Å²) in [5.74, 6) is -0.749. The highest BCUT2D eigenvalue weighted by molar-refractivity contribution is 5.89. The highest BCUT2D eigenvalue weighted by Gasteiger charge is 2.72. The minimum atomic E-state index is -6.16. The maximum absolute atomic E-state index is 13.8. The molecule has 0 aliphatic heterocycles. The molecule has 0 N–H and O–H groups in total. The molecule has 0 amide bonds. The molecule has 1 rings (SSSR count). The quantitative estimate of drug-likeness (QED) is 0.576. The van der Waals surface area contributed by atoms with Crippen molar-refractivity contribution < 1.29 is 45.0 Å². The zero-order valence-electron chi connectivity index (χ0n) is 12.5. The Hall–Kier alpha value is -1.84. The molecule has 24 heavy (non-hydrogen) atoms.